The predicted molar refractivity (Wildman–Crippen MR) is 146 cm³/mol. The second kappa shape index (κ2) is 10.7. The van der Waals surface area contributed by atoms with Crippen LogP contribution in [0.15, 0.2) is 36.5 Å². The maximum Gasteiger partial charge on any atom is 0.410 e. The van der Waals surface area contributed by atoms with E-state index in [0.29, 0.717) is 42.2 Å². The molecule has 3 heterocycles. The Balaban J connectivity index is 1.59. The van der Waals surface area contributed by atoms with Gasteiger partial charge in [0.25, 0.3) is 0 Å². The van der Waals surface area contributed by atoms with Crippen LogP contribution < -0.4 is 5.32 Å². The summed E-state index contributed by atoms with van der Waals surface area (Å²) in [7, 11) is 0. The van der Waals surface area contributed by atoms with Gasteiger partial charge in [0.2, 0.25) is 0 Å². The number of aromatic nitrogens is 3. The van der Waals surface area contributed by atoms with Crippen LogP contribution in [0.3, 0.4) is 0 Å². The van der Waals surface area contributed by atoms with Crippen LogP contribution in [0.1, 0.15) is 63.6 Å². The standard InChI is InChI=1S/C29H34F3N5O3/c1-17-35-24(33-15-19-8-7-9-22(23(19)30)29(31,32)28(5,6)39)21-14-20(16-34-25(21)36-17)18-10-12-37(13-11-18)26(38)40-27(2,3)4/h7-10,14,16,39H,11-13,15H2,1-6H3,(H,33,34,35,36). The molecule has 0 unspecified atom stereocenters. The van der Waals surface area contributed by atoms with Gasteiger partial charge in [-0.25, -0.2) is 24.1 Å². The van der Waals surface area contributed by atoms with Crippen molar-refractivity contribution < 1.29 is 27.8 Å². The summed E-state index contributed by atoms with van der Waals surface area (Å²) in [5.41, 5.74) is -1.67. The first kappa shape index (κ1) is 29.3. The van der Waals surface area contributed by atoms with Gasteiger partial charge < -0.3 is 20.1 Å². The van der Waals surface area contributed by atoms with Crippen molar-refractivity contribution in [2.75, 3.05) is 18.4 Å². The molecule has 1 aliphatic heterocycles. The van der Waals surface area contributed by atoms with Crippen molar-refractivity contribution in [1.29, 1.82) is 0 Å². The largest absolute Gasteiger partial charge is 0.444 e. The molecule has 0 fully saturated rings. The van der Waals surface area contributed by atoms with E-state index in [4.69, 9.17) is 4.74 Å². The van der Waals surface area contributed by atoms with E-state index in [1.807, 2.05) is 32.9 Å². The number of amides is 1. The highest BCUT2D eigenvalue weighted by molar-refractivity contribution is 5.89. The summed E-state index contributed by atoms with van der Waals surface area (Å²) in [6.45, 7) is 9.78. The first-order valence-corrected chi connectivity index (χ1v) is 13.0. The number of carbonyl (C=O) groups is 1. The van der Waals surface area contributed by atoms with Crippen LogP contribution in [-0.2, 0) is 17.2 Å². The minimum atomic E-state index is -3.79. The third kappa shape index (κ3) is 6.19. The van der Waals surface area contributed by atoms with E-state index in [1.165, 1.54) is 12.1 Å². The molecule has 1 aliphatic rings. The predicted octanol–water partition coefficient (Wildman–Crippen LogP) is 5.97. The van der Waals surface area contributed by atoms with Crippen LogP contribution in [0.5, 0.6) is 0 Å². The first-order chi connectivity index (χ1) is 18.6. The number of hydrogen-bond acceptors (Lipinski definition) is 7. The molecule has 214 valence electrons. The molecule has 0 saturated carbocycles. The number of nitrogens with one attached hydrogen (secondary N) is 1. The molecule has 0 bridgehead atoms. The third-order valence-electron chi connectivity index (χ3n) is 6.53. The van der Waals surface area contributed by atoms with Gasteiger partial charge >= 0.3 is 12.0 Å². The number of carbonyl (C=O) groups excluding carboxylic acids is 1. The molecule has 3 aromatic rings. The molecule has 0 atom stereocenters. The SMILES string of the molecule is Cc1nc(NCc2cccc(C(F)(F)C(C)(C)O)c2F)c2cc(C3=CCN(C(=O)OC(C)(C)C)CC3)cnc2n1. The van der Waals surface area contributed by atoms with Crippen LogP contribution >= 0.6 is 0 Å². The molecule has 0 saturated heterocycles. The fourth-order valence-electron chi connectivity index (χ4n) is 4.32. The van der Waals surface area contributed by atoms with Crippen molar-refractivity contribution in [2.24, 2.45) is 0 Å². The van der Waals surface area contributed by atoms with Crippen molar-refractivity contribution in [3.8, 4) is 0 Å². The average Bonchev–Trinajstić information content (AvgIpc) is 2.86. The van der Waals surface area contributed by atoms with Gasteiger partial charge in [0, 0.05) is 31.4 Å². The maximum absolute atomic E-state index is 15.2. The molecule has 8 nitrogen and oxygen atoms in total. The van der Waals surface area contributed by atoms with Gasteiger partial charge in [0.15, 0.2) is 5.65 Å². The minimum absolute atomic E-state index is 0.00724. The highest BCUT2D eigenvalue weighted by Gasteiger charge is 2.49. The number of pyridine rings is 1. The first-order valence-electron chi connectivity index (χ1n) is 13.0. The van der Waals surface area contributed by atoms with E-state index in [1.54, 1.807) is 18.0 Å². The minimum Gasteiger partial charge on any atom is -0.444 e. The number of alkyl halides is 2. The van der Waals surface area contributed by atoms with E-state index in [2.05, 4.69) is 20.3 Å². The quantitative estimate of drug-likeness (QED) is 0.385. The summed E-state index contributed by atoms with van der Waals surface area (Å²) >= 11 is 0. The van der Waals surface area contributed by atoms with E-state index in [9.17, 15) is 18.7 Å². The van der Waals surface area contributed by atoms with E-state index >= 15 is 4.39 Å². The van der Waals surface area contributed by atoms with Gasteiger partial charge in [-0.3, -0.25) is 0 Å². The zero-order valence-corrected chi connectivity index (χ0v) is 23.5. The molecule has 0 radical (unpaired) electrons. The van der Waals surface area contributed by atoms with E-state index in [-0.39, 0.29) is 18.2 Å². The lowest BCUT2D eigenvalue weighted by molar-refractivity contribution is -0.170. The Bertz CT molecular complexity index is 1460. The van der Waals surface area contributed by atoms with Gasteiger partial charge in [-0.1, -0.05) is 18.2 Å². The molecular formula is C29H34F3N5O3. The Hall–Kier alpha value is -3.73. The number of anilines is 1. The molecule has 1 amide bonds. The summed E-state index contributed by atoms with van der Waals surface area (Å²) in [5, 5.41) is 13.5. The van der Waals surface area contributed by atoms with Gasteiger partial charge in [0.05, 0.1) is 10.9 Å². The molecule has 4 rings (SSSR count). The second-order valence-electron chi connectivity index (χ2n) is 11.4. The number of fused-ring (bicyclic) bond motifs is 1. The van der Waals surface area contributed by atoms with Crippen molar-refractivity contribution in [2.45, 2.75) is 71.6 Å². The second-order valence-corrected chi connectivity index (χ2v) is 11.4. The number of hydrogen-bond donors (Lipinski definition) is 2. The van der Waals surface area contributed by atoms with Crippen molar-refractivity contribution in [1.82, 2.24) is 19.9 Å². The number of ether oxygens (including phenoxy) is 1. The topological polar surface area (TPSA) is 100 Å². The molecular weight excluding hydrogens is 523 g/mol. The number of aryl methyl sites for hydroxylation is 1. The van der Waals surface area contributed by atoms with E-state index in [0.717, 1.165) is 31.1 Å². The van der Waals surface area contributed by atoms with Crippen LogP contribution in [0, 0.1) is 12.7 Å². The summed E-state index contributed by atoms with van der Waals surface area (Å²) in [5.74, 6) is -4.08. The van der Waals surface area contributed by atoms with E-state index < -0.39 is 28.5 Å². The van der Waals surface area contributed by atoms with Crippen molar-refractivity contribution in [3.63, 3.8) is 0 Å². The lowest BCUT2D eigenvalue weighted by Gasteiger charge is -2.30. The van der Waals surface area contributed by atoms with Crippen LogP contribution in [0.2, 0.25) is 0 Å². The fourth-order valence-corrected chi connectivity index (χ4v) is 4.32. The summed E-state index contributed by atoms with van der Waals surface area (Å²) in [6, 6.07) is 5.57. The highest BCUT2D eigenvalue weighted by atomic mass is 19.3. The van der Waals surface area contributed by atoms with Gasteiger partial charge in [-0.05, 0) is 71.2 Å². The molecule has 0 aliphatic carbocycles. The Morgan fingerprint density at radius 1 is 1.18 bits per heavy atom. The molecule has 11 heteroatoms. The Morgan fingerprint density at radius 2 is 1.90 bits per heavy atom. The summed E-state index contributed by atoms with van der Waals surface area (Å²) in [4.78, 5) is 27.4. The molecule has 40 heavy (non-hydrogen) atoms. The number of halogens is 3. The van der Waals surface area contributed by atoms with Crippen molar-refractivity contribution in [3.05, 3.63) is 64.9 Å². The van der Waals surface area contributed by atoms with Gasteiger partial charge in [-0.2, -0.15) is 8.78 Å². The highest BCUT2D eigenvalue weighted by Crippen LogP contribution is 2.40. The number of rotatable bonds is 6. The lowest BCUT2D eigenvalue weighted by atomic mass is 9.92. The zero-order valence-electron chi connectivity index (χ0n) is 23.5. The van der Waals surface area contributed by atoms with Gasteiger partial charge in [0.1, 0.15) is 28.7 Å². The Kier molecular flexibility index (Phi) is 7.81. The number of aliphatic hydroxyl groups is 1. The van der Waals surface area contributed by atoms with Gasteiger partial charge in [-0.15, -0.1) is 0 Å². The zero-order chi connectivity index (χ0) is 29.5. The molecule has 0 spiro atoms. The molecule has 2 aromatic heterocycles. The Morgan fingerprint density at radius 3 is 2.52 bits per heavy atom. The maximum atomic E-state index is 15.2. The molecule has 2 N–H and O–H groups in total. The summed E-state index contributed by atoms with van der Waals surface area (Å²) in [6.07, 6.45) is 3.87. The normalized spacial score (nSPS) is 14.8. The molecule has 1 aromatic carbocycles. The smallest absolute Gasteiger partial charge is 0.410 e. The third-order valence-corrected chi connectivity index (χ3v) is 6.53. The summed E-state index contributed by atoms with van der Waals surface area (Å²) < 4.78 is 50.1. The number of nitrogens with zero attached hydrogens (tertiary/aromatic N) is 4. The lowest BCUT2D eigenvalue weighted by Crippen LogP contribution is -2.41. The monoisotopic (exact) mass is 557 g/mol. The number of benzene rings is 1. The fraction of sp³-hybridized carbons (Fsp3) is 0.448. The van der Waals surface area contributed by atoms with Crippen LogP contribution in [0.4, 0.5) is 23.8 Å². The average molecular weight is 558 g/mol. The van der Waals surface area contributed by atoms with Crippen LogP contribution in [0.25, 0.3) is 16.6 Å². The Labute approximate surface area is 231 Å². The van der Waals surface area contributed by atoms with Crippen LogP contribution in [-0.4, -0.2) is 55.3 Å². The van der Waals surface area contributed by atoms with Crippen molar-refractivity contribution >= 4 is 28.5 Å².